The molecule has 2 nitrogen and oxygen atoms in total. The van der Waals surface area contributed by atoms with Crippen molar-refractivity contribution in [3.05, 3.63) is 77.9 Å². The molecule has 0 spiro atoms. The summed E-state index contributed by atoms with van der Waals surface area (Å²) in [6.07, 6.45) is 3.02. The monoisotopic (exact) mass is 291 g/mol. The lowest BCUT2D eigenvalue weighted by atomic mass is 9.88. The van der Waals surface area contributed by atoms with Crippen LogP contribution in [0.2, 0.25) is 0 Å². The van der Waals surface area contributed by atoms with E-state index in [2.05, 4.69) is 47.4 Å². The fraction of sp³-hybridized carbons (Fsp3) is 0.250. The number of carbonyl (C=O) groups excluding carboxylic acids is 1. The van der Waals surface area contributed by atoms with E-state index >= 15 is 0 Å². The van der Waals surface area contributed by atoms with Crippen molar-refractivity contribution < 1.29 is 4.79 Å². The maximum absolute atomic E-state index is 12.6. The summed E-state index contributed by atoms with van der Waals surface area (Å²) in [5.41, 5.74) is 3.67. The largest absolute Gasteiger partial charge is 0.298 e. The summed E-state index contributed by atoms with van der Waals surface area (Å²) in [4.78, 5) is 14.7. The van der Waals surface area contributed by atoms with Crippen molar-refractivity contribution in [2.75, 3.05) is 20.1 Å². The number of likely N-dealkylation sites (N-methyl/N-ethyl adjacent to an activating group) is 1. The highest BCUT2D eigenvalue weighted by atomic mass is 16.1. The van der Waals surface area contributed by atoms with Gasteiger partial charge >= 0.3 is 0 Å². The highest BCUT2D eigenvalue weighted by Gasteiger charge is 2.23. The predicted octanol–water partition coefficient (Wildman–Crippen LogP) is 3.76. The first-order chi connectivity index (χ1) is 10.7. The standard InChI is InChI=1S/C20H21NO/c1-21-14-18(16-8-4-2-5-9-16)12-13-19(20(22)15-21)17-10-6-3-7-11-17/h2-12,19H,13-15H2,1H3/b18-12+. The fourth-order valence-corrected chi connectivity index (χ4v) is 3.05. The van der Waals surface area contributed by atoms with Crippen LogP contribution in [0.15, 0.2) is 66.7 Å². The Morgan fingerprint density at radius 1 is 0.909 bits per heavy atom. The van der Waals surface area contributed by atoms with Gasteiger partial charge in [0.15, 0.2) is 5.78 Å². The summed E-state index contributed by atoms with van der Waals surface area (Å²) in [5.74, 6) is 0.264. The molecule has 0 amide bonds. The number of Topliss-reactive ketones (excluding diaryl/α,β-unsaturated/α-hetero) is 1. The minimum atomic E-state index is -0.0392. The Hall–Kier alpha value is -2.19. The van der Waals surface area contributed by atoms with Gasteiger partial charge in [0.2, 0.25) is 0 Å². The van der Waals surface area contributed by atoms with E-state index in [4.69, 9.17) is 0 Å². The Morgan fingerprint density at radius 3 is 2.23 bits per heavy atom. The van der Waals surface area contributed by atoms with Gasteiger partial charge in [-0.25, -0.2) is 0 Å². The zero-order valence-corrected chi connectivity index (χ0v) is 12.9. The number of allylic oxidation sites excluding steroid dienone is 1. The third-order valence-corrected chi connectivity index (χ3v) is 4.20. The minimum absolute atomic E-state index is 0.0392. The maximum atomic E-state index is 12.6. The van der Waals surface area contributed by atoms with Crippen LogP contribution in [0.25, 0.3) is 5.57 Å². The second kappa shape index (κ2) is 6.71. The van der Waals surface area contributed by atoms with Gasteiger partial charge in [-0.05, 0) is 30.2 Å². The lowest BCUT2D eigenvalue weighted by molar-refractivity contribution is -0.121. The third kappa shape index (κ3) is 3.34. The van der Waals surface area contributed by atoms with Gasteiger partial charge in [-0.15, -0.1) is 0 Å². The van der Waals surface area contributed by atoms with Crippen molar-refractivity contribution in [3.8, 4) is 0 Å². The van der Waals surface area contributed by atoms with Crippen LogP contribution in [-0.4, -0.2) is 30.8 Å². The lowest BCUT2D eigenvalue weighted by Gasteiger charge is -2.25. The number of carbonyl (C=O) groups is 1. The van der Waals surface area contributed by atoms with Crippen LogP contribution in [0.3, 0.4) is 0 Å². The fourth-order valence-electron chi connectivity index (χ4n) is 3.05. The number of hydrogen-bond donors (Lipinski definition) is 0. The molecule has 1 unspecified atom stereocenters. The molecule has 1 atom stereocenters. The van der Waals surface area contributed by atoms with Crippen LogP contribution in [0.5, 0.6) is 0 Å². The molecule has 2 aromatic carbocycles. The van der Waals surface area contributed by atoms with Crippen LogP contribution in [0.4, 0.5) is 0 Å². The van der Waals surface area contributed by atoms with Gasteiger partial charge < -0.3 is 0 Å². The number of nitrogens with zero attached hydrogens (tertiary/aromatic N) is 1. The molecule has 1 heterocycles. The van der Waals surface area contributed by atoms with E-state index in [1.54, 1.807) is 0 Å². The van der Waals surface area contributed by atoms with E-state index in [0.717, 1.165) is 18.5 Å². The van der Waals surface area contributed by atoms with Gasteiger partial charge in [0.05, 0.1) is 6.54 Å². The SMILES string of the molecule is CN1CC(=O)C(c2ccccc2)C/C=C(/c2ccccc2)C1. The highest BCUT2D eigenvalue weighted by molar-refractivity contribution is 5.88. The molecule has 0 bridgehead atoms. The molecule has 0 N–H and O–H groups in total. The van der Waals surface area contributed by atoms with Gasteiger partial charge in [0.25, 0.3) is 0 Å². The molecule has 0 fully saturated rings. The average molecular weight is 291 g/mol. The van der Waals surface area contributed by atoms with Gasteiger partial charge in [-0.3, -0.25) is 9.69 Å². The zero-order valence-electron chi connectivity index (χ0n) is 12.9. The molecule has 0 saturated heterocycles. The van der Waals surface area contributed by atoms with E-state index in [1.807, 2.05) is 31.3 Å². The molecule has 22 heavy (non-hydrogen) atoms. The first kappa shape index (κ1) is 14.7. The summed E-state index contributed by atoms with van der Waals surface area (Å²) in [6, 6.07) is 20.6. The van der Waals surface area contributed by atoms with Crippen LogP contribution < -0.4 is 0 Å². The molecule has 2 heteroatoms. The van der Waals surface area contributed by atoms with E-state index in [9.17, 15) is 4.79 Å². The Bertz CT molecular complexity index is 661. The number of ketones is 1. The second-order valence-electron chi connectivity index (χ2n) is 5.93. The molecule has 0 saturated carbocycles. The van der Waals surface area contributed by atoms with Gasteiger partial charge in [0, 0.05) is 12.5 Å². The molecule has 1 aliphatic heterocycles. The van der Waals surface area contributed by atoms with Gasteiger partial charge in [-0.2, -0.15) is 0 Å². The van der Waals surface area contributed by atoms with Crippen molar-refractivity contribution in [3.63, 3.8) is 0 Å². The summed E-state index contributed by atoms with van der Waals surface area (Å²) in [6.45, 7) is 1.32. The first-order valence-corrected chi connectivity index (χ1v) is 7.74. The second-order valence-corrected chi connectivity index (χ2v) is 5.93. The van der Waals surface area contributed by atoms with Crippen molar-refractivity contribution in [2.24, 2.45) is 0 Å². The van der Waals surface area contributed by atoms with E-state index in [0.29, 0.717) is 12.3 Å². The van der Waals surface area contributed by atoms with Gasteiger partial charge in [-0.1, -0.05) is 66.7 Å². The Kier molecular flexibility index (Phi) is 4.50. The molecular weight excluding hydrogens is 270 g/mol. The topological polar surface area (TPSA) is 20.3 Å². The first-order valence-electron chi connectivity index (χ1n) is 7.74. The normalized spacial score (nSPS) is 22.5. The Morgan fingerprint density at radius 2 is 1.55 bits per heavy atom. The van der Waals surface area contributed by atoms with Crippen molar-refractivity contribution in [2.45, 2.75) is 12.3 Å². The van der Waals surface area contributed by atoms with E-state index in [1.165, 1.54) is 11.1 Å². The lowest BCUT2D eigenvalue weighted by Crippen LogP contribution is -2.32. The van der Waals surface area contributed by atoms with Crippen LogP contribution >= 0.6 is 0 Å². The van der Waals surface area contributed by atoms with Gasteiger partial charge in [0.1, 0.15) is 0 Å². The van der Waals surface area contributed by atoms with Crippen molar-refractivity contribution in [1.29, 1.82) is 0 Å². The van der Waals surface area contributed by atoms with E-state index < -0.39 is 0 Å². The quantitative estimate of drug-likeness (QED) is 0.839. The highest BCUT2D eigenvalue weighted by Crippen LogP contribution is 2.27. The molecule has 1 aliphatic rings. The number of benzene rings is 2. The van der Waals surface area contributed by atoms with Crippen molar-refractivity contribution >= 4 is 11.4 Å². The number of rotatable bonds is 2. The summed E-state index contributed by atoms with van der Waals surface area (Å²) < 4.78 is 0. The smallest absolute Gasteiger partial charge is 0.154 e. The predicted molar refractivity (Wildman–Crippen MR) is 90.7 cm³/mol. The Balaban J connectivity index is 1.92. The van der Waals surface area contributed by atoms with E-state index in [-0.39, 0.29) is 5.92 Å². The minimum Gasteiger partial charge on any atom is -0.298 e. The molecule has 3 rings (SSSR count). The number of hydrogen-bond acceptors (Lipinski definition) is 2. The van der Waals surface area contributed by atoms with Crippen molar-refractivity contribution in [1.82, 2.24) is 4.90 Å². The molecule has 112 valence electrons. The van der Waals surface area contributed by atoms with Crippen LogP contribution in [0, 0.1) is 0 Å². The van der Waals surface area contributed by atoms with Crippen LogP contribution in [-0.2, 0) is 4.79 Å². The Labute approximate surface area is 132 Å². The third-order valence-electron chi connectivity index (χ3n) is 4.20. The summed E-state index contributed by atoms with van der Waals surface area (Å²) in [5, 5.41) is 0. The zero-order chi connectivity index (χ0) is 15.4. The van der Waals surface area contributed by atoms with Crippen LogP contribution in [0.1, 0.15) is 23.5 Å². The molecule has 0 aromatic heterocycles. The average Bonchev–Trinajstić information content (AvgIpc) is 2.54. The summed E-state index contributed by atoms with van der Waals surface area (Å²) >= 11 is 0. The molecule has 0 aliphatic carbocycles. The molecular formula is C20H21NO. The molecule has 2 aromatic rings. The molecule has 0 radical (unpaired) electrons. The maximum Gasteiger partial charge on any atom is 0.154 e. The summed E-state index contributed by atoms with van der Waals surface area (Å²) in [7, 11) is 2.02.